The number of rotatable bonds is 8. The third-order valence-electron chi connectivity index (χ3n) is 3.13. The Kier molecular flexibility index (Phi) is 8.23. The molecule has 0 aliphatic rings. The van der Waals surface area contributed by atoms with Gasteiger partial charge in [-0.25, -0.2) is 0 Å². The Morgan fingerprint density at radius 1 is 1.10 bits per heavy atom. The highest BCUT2D eigenvalue weighted by Crippen LogP contribution is 2.29. The van der Waals surface area contributed by atoms with Crippen LogP contribution < -0.4 is 4.74 Å². The van der Waals surface area contributed by atoms with E-state index in [1.165, 1.54) is 12.7 Å². The van der Waals surface area contributed by atoms with Gasteiger partial charge in [-0.3, -0.25) is 0 Å². The van der Waals surface area contributed by atoms with E-state index in [4.69, 9.17) is 4.74 Å². The van der Waals surface area contributed by atoms with E-state index in [1.807, 2.05) is 0 Å². The molecular weight excluding hydrogens is 490 g/mol. The second-order valence-corrected chi connectivity index (χ2v) is 8.98. The molecule has 0 bridgehead atoms. The maximum atomic E-state index is 5.97. The standard InChI is InChI=1S/C16H27I2N2O/c1-19(2)8-6-10-21-16-14(17)11-13(12-15(16)18)7-9-20(3,4)5/h11-12H,6-10H2,1-5H3/q+1. The average molecular weight is 517 g/mol. The Hall–Kier alpha value is 0.400. The van der Waals surface area contributed by atoms with E-state index in [0.29, 0.717) is 0 Å². The molecule has 0 atom stereocenters. The van der Waals surface area contributed by atoms with Gasteiger partial charge in [-0.2, -0.15) is 0 Å². The van der Waals surface area contributed by atoms with Gasteiger partial charge in [-0.1, -0.05) is 0 Å². The van der Waals surface area contributed by atoms with Crippen LogP contribution in [-0.4, -0.2) is 64.3 Å². The fourth-order valence-electron chi connectivity index (χ4n) is 1.91. The lowest BCUT2D eigenvalue weighted by Gasteiger charge is -2.24. The Labute approximate surface area is 156 Å². The summed E-state index contributed by atoms with van der Waals surface area (Å²) in [6.45, 7) is 2.99. The van der Waals surface area contributed by atoms with E-state index in [0.717, 1.165) is 42.8 Å². The minimum atomic E-state index is 0.780. The minimum absolute atomic E-state index is 0.780. The summed E-state index contributed by atoms with van der Waals surface area (Å²) in [5.74, 6) is 1.05. The molecule has 0 saturated carbocycles. The number of quaternary nitrogens is 1. The molecule has 0 spiro atoms. The summed E-state index contributed by atoms with van der Waals surface area (Å²) in [6.07, 6.45) is 2.17. The first kappa shape index (κ1) is 19.4. The van der Waals surface area contributed by atoms with Crippen molar-refractivity contribution in [3.8, 4) is 5.75 Å². The van der Waals surface area contributed by atoms with Gasteiger partial charge in [0.15, 0.2) is 0 Å². The topological polar surface area (TPSA) is 12.5 Å². The van der Waals surface area contributed by atoms with Gasteiger partial charge in [0.2, 0.25) is 0 Å². The van der Waals surface area contributed by atoms with Crippen LogP contribution in [0.25, 0.3) is 0 Å². The second kappa shape index (κ2) is 8.88. The van der Waals surface area contributed by atoms with Gasteiger partial charge in [-0.05, 0) is 83.4 Å². The Balaban J connectivity index is 2.63. The number of halogens is 2. The Morgan fingerprint density at radius 2 is 1.67 bits per heavy atom. The second-order valence-electron chi connectivity index (χ2n) is 6.66. The van der Waals surface area contributed by atoms with Crippen LogP contribution in [0.2, 0.25) is 0 Å². The molecule has 1 rings (SSSR count). The molecule has 5 heteroatoms. The highest BCUT2D eigenvalue weighted by atomic mass is 127. The predicted octanol–water partition coefficient (Wildman–Crippen LogP) is 3.48. The van der Waals surface area contributed by atoms with Gasteiger partial charge >= 0.3 is 0 Å². The first-order valence-electron chi connectivity index (χ1n) is 7.25. The molecular formula is C16H27I2N2O+. The van der Waals surface area contributed by atoms with Crippen LogP contribution >= 0.6 is 45.2 Å². The van der Waals surface area contributed by atoms with Crippen LogP contribution in [0.5, 0.6) is 5.75 Å². The lowest BCUT2D eigenvalue weighted by Crippen LogP contribution is -2.36. The lowest BCUT2D eigenvalue weighted by atomic mass is 10.1. The number of likely N-dealkylation sites (N-methyl/N-ethyl adjacent to an activating group) is 1. The third kappa shape index (κ3) is 7.99. The van der Waals surface area contributed by atoms with E-state index in [9.17, 15) is 0 Å². The highest BCUT2D eigenvalue weighted by Gasteiger charge is 2.12. The van der Waals surface area contributed by atoms with Crippen molar-refractivity contribution < 1.29 is 9.22 Å². The fraction of sp³-hybridized carbons (Fsp3) is 0.625. The van der Waals surface area contributed by atoms with Crippen molar-refractivity contribution in [3.05, 3.63) is 24.8 Å². The van der Waals surface area contributed by atoms with E-state index >= 15 is 0 Å². The van der Waals surface area contributed by atoms with E-state index in [2.05, 4.69) is 97.5 Å². The number of benzene rings is 1. The maximum absolute atomic E-state index is 5.97. The molecule has 0 aromatic heterocycles. The van der Waals surface area contributed by atoms with Crippen LogP contribution in [0.3, 0.4) is 0 Å². The summed E-state index contributed by atoms with van der Waals surface area (Å²) < 4.78 is 9.41. The largest absolute Gasteiger partial charge is 0.491 e. The van der Waals surface area contributed by atoms with Crippen LogP contribution in [0.1, 0.15) is 12.0 Å². The first-order chi connectivity index (χ1) is 9.69. The van der Waals surface area contributed by atoms with Crippen LogP contribution in [-0.2, 0) is 6.42 Å². The van der Waals surface area contributed by atoms with Crippen LogP contribution in [0.15, 0.2) is 12.1 Å². The van der Waals surface area contributed by atoms with Gasteiger partial charge in [-0.15, -0.1) is 0 Å². The van der Waals surface area contributed by atoms with Crippen LogP contribution in [0.4, 0.5) is 0 Å². The number of ether oxygens (including phenoxy) is 1. The molecule has 0 unspecified atom stereocenters. The van der Waals surface area contributed by atoms with Gasteiger partial charge in [0.25, 0.3) is 0 Å². The molecule has 120 valence electrons. The van der Waals surface area contributed by atoms with Crippen molar-refractivity contribution >= 4 is 45.2 Å². The minimum Gasteiger partial charge on any atom is -0.491 e. The molecule has 0 aliphatic carbocycles. The summed E-state index contributed by atoms with van der Waals surface area (Å²) >= 11 is 4.78. The average Bonchev–Trinajstić information content (AvgIpc) is 2.33. The summed E-state index contributed by atoms with van der Waals surface area (Å²) in [6, 6.07) is 4.53. The molecule has 0 heterocycles. The van der Waals surface area contributed by atoms with Crippen molar-refractivity contribution in [3.63, 3.8) is 0 Å². The zero-order valence-electron chi connectivity index (χ0n) is 13.7. The molecule has 0 fully saturated rings. The van der Waals surface area contributed by atoms with Crippen molar-refractivity contribution in [2.75, 3.05) is 54.9 Å². The quantitative estimate of drug-likeness (QED) is 0.298. The molecule has 0 amide bonds. The van der Waals surface area contributed by atoms with E-state index < -0.39 is 0 Å². The van der Waals surface area contributed by atoms with Gasteiger partial charge in [0.1, 0.15) is 5.75 Å². The Morgan fingerprint density at radius 3 is 2.14 bits per heavy atom. The summed E-state index contributed by atoms with van der Waals surface area (Å²) in [5.41, 5.74) is 1.40. The van der Waals surface area contributed by atoms with Crippen molar-refractivity contribution in [2.24, 2.45) is 0 Å². The zero-order chi connectivity index (χ0) is 16.0. The smallest absolute Gasteiger partial charge is 0.145 e. The van der Waals surface area contributed by atoms with Gasteiger partial charge < -0.3 is 14.1 Å². The summed E-state index contributed by atoms with van der Waals surface area (Å²) in [7, 11) is 10.9. The molecule has 0 N–H and O–H groups in total. The number of hydrogen-bond donors (Lipinski definition) is 0. The van der Waals surface area contributed by atoms with Crippen LogP contribution in [0, 0.1) is 7.14 Å². The molecule has 0 aliphatic heterocycles. The monoisotopic (exact) mass is 517 g/mol. The number of nitrogens with zero attached hydrogens (tertiary/aromatic N) is 2. The molecule has 0 saturated heterocycles. The molecule has 0 radical (unpaired) electrons. The third-order valence-corrected chi connectivity index (χ3v) is 4.73. The Bertz CT molecular complexity index is 433. The van der Waals surface area contributed by atoms with E-state index in [-0.39, 0.29) is 0 Å². The molecule has 21 heavy (non-hydrogen) atoms. The highest BCUT2D eigenvalue weighted by molar-refractivity contribution is 14.1. The normalized spacial score (nSPS) is 12.0. The SMILES string of the molecule is CN(C)CCCOc1c(I)cc(CC[N+](C)(C)C)cc1I. The molecule has 3 nitrogen and oxygen atoms in total. The van der Waals surface area contributed by atoms with Crippen molar-refractivity contribution in [1.82, 2.24) is 4.90 Å². The van der Waals surface area contributed by atoms with Gasteiger partial charge in [0.05, 0.1) is 41.4 Å². The predicted molar refractivity (Wildman–Crippen MR) is 107 cm³/mol. The molecule has 1 aromatic rings. The summed E-state index contributed by atoms with van der Waals surface area (Å²) in [5, 5.41) is 0. The van der Waals surface area contributed by atoms with Crippen molar-refractivity contribution in [2.45, 2.75) is 12.8 Å². The lowest BCUT2D eigenvalue weighted by molar-refractivity contribution is -0.870. The van der Waals surface area contributed by atoms with E-state index in [1.54, 1.807) is 0 Å². The maximum Gasteiger partial charge on any atom is 0.145 e. The fourth-order valence-corrected chi connectivity index (χ4v) is 4.12. The number of hydrogen-bond acceptors (Lipinski definition) is 2. The van der Waals surface area contributed by atoms with Crippen molar-refractivity contribution in [1.29, 1.82) is 0 Å². The first-order valence-corrected chi connectivity index (χ1v) is 9.41. The molecule has 1 aromatic carbocycles. The van der Waals surface area contributed by atoms with Gasteiger partial charge in [0, 0.05) is 13.0 Å². The zero-order valence-corrected chi connectivity index (χ0v) is 18.1. The summed E-state index contributed by atoms with van der Waals surface area (Å²) in [4.78, 5) is 2.19.